The summed E-state index contributed by atoms with van der Waals surface area (Å²) in [6, 6.07) is 5.72. The van der Waals surface area contributed by atoms with E-state index in [-0.39, 0.29) is 0 Å². The van der Waals surface area contributed by atoms with E-state index in [1.54, 1.807) is 14.2 Å². The first-order chi connectivity index (χ1) is 9.61. The molecular formula is C17H26O3. The quantitative estimate of drug-likeness (QED) is 0.849. The van der Waals surface area contributed by atoms with E-state index in [0.717, 1.165) is 48.7 Å². The van der Waals surface area contributed by atoms with Crippen molar-refractivity contribution in [2.45, 2.75) is 51.0 Å². The predicted octanol–water partition coefficient (Wildman–Crippen LogP) is 3.88. The smallest absolute Gasteiger partial charge is 0.122 e. The van der Waals surface area contributed by atoms with Gasteiger partial charge in [0.25, 0.3) is 0 Å². The first kappa shape index (κ1) is 15.2. The summed E-state index contributed by atoms with van der Waals surface area (Å²) in [7, 11) is 3.28. The number of benzene rings is 1. The van der Waals surface area contributed by atoms with Crippen molar-refractivity contribution in [3.05, 3.63) is 23.8 Å². The van der Waals surface area contributed by atoms with E-state index in [2.05, 4.69) is 6.92 Å². The van der Waals surface area contributed by atoms with Gasteiger partial charge in [-0.25, -0.2) is 0 Å². The maximum Gasteiger partial charge on any atom is 0.122 e. The second-order valence-corrected chi connectivity index (χ2v) is 5.84. The molecule has 3 heteroatoms. The average molecular weight is 278 g/mol. The van der Waals surface area contributed by atoms with Crippen molar-refractivity contribution < 1.29 is 14.6 Å². The van der Waals surface area contributed by atoms with Gasteiger partial charge in [0.15, 0.2) is 0 Å². The molecule has 0 heterocycles. The van der Waals surface area contributed by atoms with E-state index in [1.165, 1.54) is 12.8 Å². The van der Waals surface area contributed by atoms with Crippen molar-refractivity contribution in [2.75, 3.05) is 14.2 Å². The molecule has 0 aliphatic heterocycles. The maximum atomic E-state index is 11.1. The van der Waals surface area contributed by atoms with Crippen LogP contribution in [0.3, 0.4) is 0 Å². The Morgan fingerprint density at radius 2 is 1.75 bits per heavy atom. The molecule has 1 saturated carbocycles. The molecule has 0 bridgehead atoms. The number of methoxy groups -OCH3 is 2. The monoisotopic (exact) mass is 278 g/mol. The summed E-state index contributed by atoms with van der Waals surface area (Å²) in [6.07, 6.45) is 6.24. The molecule has 0 saturated heterocycles. The van der Waals surface area contributed by atoms with E-state index in [9.17, 15) is 5.11 Å². The van der Waals surface area contributed by atoms with Gasteiger partial charge in [0, 0.05) is 6.07 Å². The van der Waals surface area contributed by atoms with Crippen molar-refractivity contribution in [3.63, 3.8) is 0 Å². The van der Waals surface area contributed by atoms with Gasteiger partial charge in [0.2, 0.25) is 0 Å². The third kappa shape index (κ3) is 3.26. The number of ether oxygens (including phenoxy) is 2. The van der Waals surface area contributed by atoms with Crippen LogP contribution in [0.5, 0.6) is 11.5 Å². The minimum absolute atomic E-state index is 0.740. The molecule has 3 nitrogen and oxygen atoms in total. The lowest BCUT2D eigenvalue weighted by Crippen LogP contribution is -2.25. The molecule has 1 aromatic carbocycles. The summed E-state index contributed by atoms with van der Waals surface area (Å²) in [4.78, 5) is 0. The molecular weight excluding hydrogens is 252 g/mol. The SMILES string of the molecule is CCC1CCCC(O)(c2cc(OC)cc(OC)c2)CC1. The van der Waals surface area contributed by atoms with Crippen LogP contribution in [0.15, 0.2) is 18.2 Å². The van der Waals surface area contributed by atoms with E-state index in [1.807, 2.05) is 18.2 Å². The van der Waals surface area contributed by atoms with E-state index in [0.29, 0.717) is 0 Å². The van der Waals surface area contributed by atoms with E-state index < -0.39 is 5.60 Å². The molecule has 2 atom stereocenters. The molecule has 0 radical (unpaired) electrons. The molecule has 0 aromatic heterocycles. The van der Waals surface area contributed by atoms with Crippen molar-refractivity contribution in [3.8, 4) is 11.5 Å². The molecule has 0 amide bonds. The molecule has 112 valence electrons. The van der Waals surface area contributed by atoms with Crippen LogP contribution in [0.2, 0.25) is 0 Å². The first-order valence-electron chi connectivity index (χ1n) is 7.57. The highest BCUT2D eigenvalue weighted by atomic mass is 16.5. The zero-order valence-corrected chi connectivity index (χ0v) is 12.8. The lowest BCUT2D eigenvalue weighted by Gasteiger charge is -2.28. The Morgan fingerprint density at radius 1 is 1.10 bits per heavy atom. The van der Waals surface area contributed by atoms with Gasteiger partial charge in [-0.15, -0.1) is 0 Å². The third-order valence-electron chi connectivity index (χ3n) is 4.64. The van der Waals surface area contributed by atoms with E-state index >= 15 is 0 Å². The molecule has 2 rings (SSSR count). The second-order valence-electron chi connectivity index (χ2n) is 5.84. The lowest BCUT2D eigenvalue weighted by molar-refractivity contribution is 0.0192. The minimum Gasteiger partial charge on any atom is -0.497 e. The van der Waals surface area contributed by atoms with Gasteiger partial charge < -0.3 is 14.6 Å². The van der Waals surface area contributed by atoms with Crippen LogP contribution in [0, 0.1) is 5.92 Å². The zero-order valence-electron chi connectivity index (χ0n) is 12.8. The van der Waals surface area contributed by atoms with Crippen LogP contribution in [0.25, 0.3) is 0 Å². The van der Waals surface area contributed by atoms with Crippen molar-refractivity contribution in [1.29, 1.82) is 0 Å². The highest BCUT2D eigenvalue weighted by Crippen LogP contribution is 2.40. The van der Waals surface area contributed by atoms with Crippen LogP contribution < -0.4 is 9.47 Å². The summed E-state index contributed by atoms with van der Waals surface area (Å²) in [5.74, 6) is 2.23. The fourth-order valence-electron chi connectivity index (χ4n) is 3.17. The fraction of sp³-hybridized carbons (Fsp3) is 0.647. The molecule has 1 fully saturated rings. The van der Waals surface area contributed by atoms with Gasteiger partial charge in [-0.05, 0) is 49.3 Å². The summed E-state index contributed by atoms with van der Waals surface area (Å²) < 4.78 is 10.6. The number of hydrogen-bond donors (Lipinski definition) is 1. The van der Waals surface area contributed by atoms with Crippen LogP contribution in [-0.2, 0) is 5.60 Å². The molecule has 1 aliphatic rings. The highest BCUT2D eigenvalue weighted by Gasteiger charge is 2.33. The van der Waals surface area contributed by atoms with Gasteiger partial charge in [-0.2, -0.15) is 0 Å². The predicted molar refractivity (Wildman–Crippen MR) is 80.3 cm³/mol. The Labute approximate surface area is 121 Å². The fourth-order valence-corrected chi connectivity index (χ4v) is 3.17. The summed E-state index contributed by atoms with van der Waals surface area (Å²) in [6.45, 7) is 2.24. The van der Waals surface area contributed by atoms with Gasteiger partial charge in [-0.3, -0.25) is 0 Å². The molecule has 2 unspecified atom stereocenters. The van der Waals surface area contributed by atoms with Crippen LogP contribution in [-0.4, -0.2) is 19.3 Å². The third-order valence-corrected chi connectivity index (χ3v) is 4.64. The Bertz CT molecular complexity index is 422. The standard InChI is InChI=1S/C17H26O3/c1-4-13-6-5-8-17(18,9-7-13)14-10-15(19-2)12-16(11-14)20-3/h10-13,18H,4-9H2,1-3H3. The molecule has 1 aliphatic carbocycles. The second kappa shape index (κ2) is 6.49. The lowest BCUT2D eigenvalue weighted by atomic mass is 9.86. The minimum atomic E-state index is -0.744. The first-order valence-corrected chi connectivity index (χ1v) is 7.57. The van der Waals surface area contributed by atoms with Crippen molar-refractivity contribution in [1.82, 2.24) is 0 Å². The Balaban J connectivity index is 2.28. The van der Waals surface area contributed by atoms with Crippen molar-refractivity contribution >= 4 is 0 Å². The Kier molecular flexibility index (Phi) is 4.92. The normalized spacial score (nSPS) is 26.9. The van der Waals surface area contributed by atoms with Crippen LogP contribution in [0.4, 0.5) is 0 Å². The van der Waals surface area contributed by atoms with Crippen LogP contribution >= 0.6 is 0 Å². The number of hydrogen-bond acceptors (Lipinski definition) is 3. The molecule has 1 N–H and O–H groups in total. The summed E-state index contributed by atoms with van der Waals surface area (Å²) >= 11 is 0. The van der Waals surface area contributed by atoms with Crippen LogP contribution in [0.1, 0.15) is 51.0 Å². The average Bonchev–Trinajstić information content (AvgIpc) is 2.69. The molecule has 20 heavy (non-hydrogen) atoms. The van der Waals surface area contributed by atoms with E-state index in [4.69, 9.17) is 9.47 Å². The largest absolute Gasteiger partial charge is 0.497 e. The Hall–Kier alpha value is -1.22. The van der Waals surface area contributed by atoms with Crippen molar-refractivity contribution in [2.24, 2.45) is 5.92 Å². The van der Waals surface area contributed by atoms with Gasteiger partial charge >= 0.3 is 0 Å². The Morgan fingerprint density at radius 3 is 2.30 bits per heavy atom. The number of aliphatic hydroxyl groups is 1. The number of rotatable bonds is 4. The maximum absolute atomic E-state index is 11.1. The van der Waals surface area contributed by atoms with Gasteiger partial charge in [-0.1, -0.05) is 19.8 Å². The van der Waals surface area contributed by atoms with Gasteiger partial charge in [0.05, 0.1) is 19.8 Å². The zero-order chi connectivity index (χ0) is 14.6. The molecule has 0 spiro atoms. The topological polar surface area (TPSA) is 38.7 Å². The van der Waals surface area contributed by atoms with Gasteiger partial charge in [0.1, 0.15) is 11.5 Å². The molecule has 1 aromatic rings. The summed E-state index contributed by atoms with van der Waals surface area (Å²) in [5.41, 5.74) is 0.177. The summed E-state index contributed by atoms with van der Waals surface area (Å²) in [5, 5.41) is 11.1. The highest BCUT2D eigenvalue weighted by molar-refractivity contribution is 5.41.